The number of carbonyl (C=O) groups is 4. The molecule has 16 aromatic heterocycles. The predicted octanol–water partition coefficient (Wildman–Crippen LogP) is 22.2. The zero-order chi connectivity index (χ0) is 103. The lowest BCUT2D eigenvalue weighted by atomic mass is 10.0. The van der Waals surface area contributed by atoms with E-state index in [0.717, 1.165) is 140 Å². The maximum absolute atomic E-state index is 14.5. The predicted molar refractivity (Wildman–Crippen MR) is 569 cm³/mol. The first-order valence-electron chi connectivity index (χ1n) is 47.9. The summed E-state index contributed by atoms with van der Waals surface area (Å²) in [6, 6.07) is 65.9. The number of piperazine rings is 1. The zero-order valence-electron chi connectivity index (χ0n) is 80.8. The van der Waals surface area contributed by atoms with Gasteiger partial charge >= 0.3 is 12.1 Å². The van der Waals surface area contributed by atoms with Gasteiger partial charge in [-0.2, -0.15) is 20.4 Å². The number of amides is 5. The summed E-state index contributed by atoms with van der Waals surface area (Å²) in [5.41, 5.74) is 25.6. The summed E-state index contributed by atoms with van der Waals surface area (Å²) in [5.74, 6) is 1.20. The second kappa shape index (κ2) is 41.1. The maximum atomic E-state index is 14.5. The molecule has 1 fully saturated rings. The van der Waals surface area contributed by atoms with Crippen LogP contribution in [0.15, 0.2) is 293 Å². The number of carbonyl (C=O) groups excluding carboxylic acids is 4. The highest BCUT2D eigenvalue weighted by Crippen LogP contribution is 2.41. The summed E-state index contributed by atoms with van der Waals surface area (Å²) < 4.78 is 56.9. The van der Waals surface area contributed by atoms with E-state index in [1.54, 1.807) is 132 Å². The SMILES string of the molecule is CCC(=O)Cc1ccc(-c2cnc3n[nH]c(-c4nc5c(-c6ccccc6F)cccc5[nH]4)c3c2)cn1.CCC(=O)Nc1cncc(-c2cnc3n[nH]c(-c4nc5c(-c6ccccc6F)cccc5[nH]4)c3c2)c1.CN(C)C(=O)Nc1cncc(-c2cnc3n[nH]c(-c4nc5c(-c6cccc(F)c6)cccc5[nH]4)c3c2)c1.CN1CCN(C(=O)Nc2cncc(-c3cnc4n[nH]c(-c5nc6c(-c7cccc(F)c7)cccc6[nH]5)c4c3)c2)CC1. The molecule has 11 N–H and O–H groups in total. The second-order valence-electron chi connectivity index (χ2n) is 35.8. The summed E-state index contributed by atoms with van der Waals surface area (Å²) >= 11 is 0. The van der Waals surface area contributed by atoms with Gasteiger partial charge in [0, 0.05) is 193 Å². The number of likely N-dealkylation sites (N-methyl/N-ethyl adjacent to an activating group) is 1. The lowest BCUT2D eigenvalue weighted by Crippen LogP contribution is -2.48. The molecular weight excluding hydrogens is 1910 g/mol. The van der Waals surface area contributed by atoms with Gasteiger partial charge in [0.1, 0.15) is 51.8 Å². The highest BCUT2D eigenvalue weighted by Gasteiger charge is 2.27. The number of halogens is 4. The average Bonchev–Trinajstić information content (AvgIpc) is 1.62. The van der Waals surface area contributed by atoms with Crippen LogP contribution < -0.4 is 16.0 Å². The van der Waals surface area contributed by atoms with Crippen molar-refractivity contribution in [2.24, 2.45) is 0 Å². The molecule has 17 heterocycles. The molecule has 1 aliphatic rings. The molecule has 0 spiro atoms. The standard InChI is InChI=1S/C30H26FN9O.C28H21FN6O.C27H21FN8O.C27H20FN7O/c1-39-8-10-40(11-9-39)30(41)34-22-13-19(15-32-17-22)20-14-24-27(37-38-28(24)33-16-20)29-35-25-7-3-6-23(26(25)36-29)18-4-2-5-21(31)12-18;1-2-19(36)13-18-11-10-16(14-30-18)17-12-22-26(34-35-27(22)31-15-17)28-32-24-9-5-7-21(25(24)33-28)20-6-3-4-8-23(20)29;1-36(2)27(37)31-19-10-16(12-29-14-19)17-11-21-24(34-35-25(21)30-13-17)26-32-22-8-4-7-20(23(22)33-26)15-5-3-6-18(28)9-15;1-2-23(36)31-17-10-15(12-29-14-17)16-11-20-25(34-35-26(20)30-13-16)27-32-22-9-5-7-19(24(22)33-27)18-6-3-4-8-21(18)28/h2-7,12-17H,8-11H2,1H3,(H,34,41)(H,35,36)(H,33,37,38);3-12,14-15H,2,13H2,1H3,(H,32,33)(H,31,34,35);3-14H,1-2H3,(H,31,37)(H,32,33)(H,30,34,35);3-14H,2H2,1H3,(H,31,36)(H,32,33)(H,30,34,35). The number of fused-ring (bicyclic) bond motifs is 8. The number of pyridine rings is 8. The number of rotatable bonds is 19. The third-order valence-electron chi connectivity index (χ3n) is 25.7. The summed E-state index contributed by atoms with van der Waals surface area (Å²) in [7, 11) is 5.39. The maximum Gasteiger partial charge on any atom is 0.321 e. The van der Waals surface area contributed by atoms with Gasteiger partial charge in [0.2, 0.25) is 5.91 Å². The fourth-order valence-corrected chi connectivity index (χ4v) is 17.8. The Hall–Kier alpha value is -19.9. The minimum Gasteiger partial charge on any atom is -0.337 e. The summed E-state index contributed by atoms with van der Waals surface area (Å²) in [4.78, 5) is 122. The molecule has 5 amide bonds. The van der Waals surface area contributed by atoms with Gasteiger partial charge in [-0.3, -0.25) is 49.9 Å². The Bertz CT molecular complexity index is 9300. The highest BCUT2D eigenvalue weighted by molar-refractivity contribution is 6.04. The number of aromatic nitrogens is 24. The molecule has 1 saturated heterocycles. The molecule has 0 aliphatic carbocycles. The van der Waals surface area contributed by atoms with Crippen LogP contribution >= 0.6 is 0 Å². The van der Waals surface area contributed by atoms with E-state index >= 15 is 0 Å². The molecule has 38 heteroatoms. The van der Waals surface area contributed by atoms with Crippen molar-refractivity contribution in [3.05, 3.63) is 322 Å². The number of Topliss-reactive ketones (excluding diaryl/α,β-unsaturated/α-hetero) is 1. The van der Waals surface area contributed by atoms with E-state index in [1.807, 2.05) is 157 Å². The van der Waals surface area contributed by atoms with Gasteiger partial charge < -0.3 is 50.6 Å². The summed E-state index contributed by atoms with van der Waals surface area (Å²) in [6.45, 7) is 6.71. The van der Waals surface area contributed by atoms with Gasteiger partial charge in [0.05, 0.1) is 101 Å². The lowest BCUT2D eigenvalue weighted by molar-refractivity contribution is -0.118. The van der Waals surface area contributed by atoms with Crippen molar-refractivity contribution in [1.82, 2.24) is 135 Å². The van der Waals surface area contributed by atoms with Crippen molar-refractivity contribution >= 4 is 129 Å². The molecule has 0 bridgehead atoms. The topological polar surface area (TPSA) is 447 Å². The van der Waals surface area contributed by atoms with Crippen LogP contribution in [0.5, 0.6) is 0 Å². The second-order valence-corrected chi connectivity index (χ2v) is 35.8. The van der Waals surface area contributed by atoms with E-state index in [1.165, 1.54) is 41.3 Å². The number of nitrogens with zero attached hydrogens (tertiary/aromatic N) is 19. The molecule has 0 saturated carbocycles. The molecular formula is C112H88F4N30O4. The van der Waals surface area contributed by atoms with Crippen molar-refractivity contribution < 1.29 is 36.7 Å². The number of hydrogen-bond donors (Lipinski definition) is 11. The Morgan fingerprint density at radius 3 is 1.07 bits per heavy atom. The van der Waals surface area contributed by atoms with Gasteiger partial charge in [-0.15, -0.1) is 0 Å². The first-order valence-corrected chi connectivity index (χ1v) is 47.9. The number of nitrogens with one attached hydrogen (secondary N) is 11. The number of benzene rings is 8. The minimum atomic E-state index is -0.304. The zero-order valence-corrected chi connectivity index (χ0v) is 80.8. The van der Waals surface area contributed by atoms with Crippen molar-refractivity contribution in [2.75, 3.05) is 63.3 Å². The quantitative estimate of drug-likeness (QED) is 0.0335. The minimum absolute atomic E-state index is 0.0840. The van der Waals surface area contributed by atoms with E-state index in [4.69, 9.17) is 19.9 Å². The van der Waals surface area contributed by atoms with Crippen molar-refractivity contribution in [2.45, 2.75) is 33.1 Å². The molecule has 8 aromatic carbocycles. The number of para-hydroxylation sites is 4. The number of anilines is 3. The van der Waals surface area contributed by atoms with Crippen LogP contribution in [0, 0.1) is 23.3 Å². The van der Waals surface area contributed by atoms with Crippen LogP contribution in [0.2, 0.25) is 0 Å². The Morgan fingerprint density at radius 1 is 0.340 bits per heavy atom. The number of imidazole rings is 4. The number of ketones is 1. The average molecular weight is 1990 g/mol. The number of hydrogen-bond acceptors (Lipinski definition) is 21. The molecule has 150 heavy (non-hydrogen) atoms. The van der Waals surface area contributed by atoms with Gasteiger partial charge in [-0.25, -0.2) is 67.0 Å². The Kier molecular flexibility index (Phi) is 26.0. The highest BCUT2D eigenvalue weighted by atomic mass is 19.1. The van der Waals surface area contributed by atoms with Crippen LogP contribution in [0.4, 0.5) is 44.2 Å². The molecule has 0 unspecified atom stereocenters. The molecule has 25 rings (SSSR count). The van der Waals surface area contributed by atoms with E-state index < -0.39 is 0 Å². The monoisotopic (exact) mass is 1990 g/mol. The summed E-state index contributed by atoms with van der Waals surface area (Å²) in [5, 5.41) is 41.3. The van der Waals surface area contributed by atoms with Crippen LogP contribution in [0.3, 0.4) is 0 Å². The van der Waals surface area contributed by atoms with E-state index in [0.29, 0.717) is 151 Å². The lowest BCUT2D eigenvalue weighted by Gasteiger charge is -2.32. The molecule has 738 valence electrons. The molecule has 34 nitrogen and oxygen atoms in total. The first kappa shape index (κ1) is 95.0. The Morgan fingerprint density at radius 2 is 0.693 bits per heavy atom. The van der Waals surface area contributed by atoms with E-state index in [-0.39, 0.29) is 47.0 Å². The van der Waals surface area contributed by atoms with Crippen LogP contribution in [-0.4, -0.2) is 206 Å². The number of aromatic amines is 8. The molecule has 1 aliphatic heterocycles. The third kappa shape index (κ3) is 19.7. The van der Waals surface area contributed by atoms with Gasteiger partial charge in [0.25, 0.3) is 0 Å². The largest absolute Gasteiger partial charge is 0.337 e. The van der Waals surface area contributed by atoms with Gasteiger partial charge in [-0.1, -0.05) is 129 Å². The number of H-pyrrole nitrogens is 8. The van der Waals surface area contributed by atoms with Crippen LogP contribution in [0.25, 0.3) is 223 Å². The normalized spacial score (nSPS) is 12.1. The smallest absolute Gasteiger partial charge is 0.321 e. The fraction of sp³-hybridized carbons (Fsp3) is 0.107. The van der Waals surface area contributed by atoms with Gasteiger partial charge in [-0.05, 0) is 127 Å². The summed E-state index contributed by atoms with van der Waals surface area (Å²) in [6.07, 6.45) is 19.9. The van der Waals surface area contributed by atoms with Crippen LogP contribution in [-0.2, 0) is 16.0 Å². The fourth-order valence-electron chi connectivity index (χ4n) is 17.8. The molecule has 0 radical (unpaired) electrons. The Labute approximate surface area is 849 Å². The third-order valence-corrected chi connectivity index (χ3v) is 25.7. The van der Waals surface area contributed by atoms with Crippen molar-refractivity contribution in [1.29, 1.82) is 0 Å². The van der Waals surface area contributed by atoms with E-state index in [9.17, 15) is 36.7 Å². The van der Waals surface area contributed by atoms with Gasteiger partial charge in [0.15, 0.2) is 45.9 Å². The van der Waals surface area contributed by atoms with Crippen molar-refractivity contribution in [3.8, 4) is 135 Å². The number of urea groups is 2. The molecule has 0 atom stereocenters. The van der Waals surface area contributed by atoms with Crippen LogP contribution in [0.1, 0.15) is 32.4 Å². The van der Waals surface area contributed by atoms with Crippen molar-refractivity contribution in [3.63, 3.8) is 0 Å². The Balaban J connectivity index is 0.000000113. The first-order chi connectivity index (χ1) is 73.2. The van der Waals surface area contributed by atoms with E-state index in [2.05, 4.69) is 128 Å². The molecule has 24 aromatic rings.